The van der Waals surface area contributed by atoms with Crippen molar-refractivity contribution >= 4 is 5.82 Å². The van der Waals surface area contributed by atoms with Gasteiger partial charge in [-0.05, 0) is 24.3 Å². The van der Waals surface area contributed by atoms with E-state index in [4.69, 9.17) is 5.73 Å². The van der Waals surface area contributed by atoms with Gasteiger partial charge >= 0.3 is 0 Å². The van der Waals surface area contributed by atoms with Gasteiger partial charge in [-0.1, -0.05) is 29.5 Å². The van der Waals surface area contributed by atoms with E-state index >= 15 is 0 Å². The molecule has 2 heterocycles. The van der Waals surface area contributed by atoms with Crippen molar-refractivity contribution in [3.63, 3.8) is 0 Å². The molecule has 5 nitrogen and oxygen atoms in total. The first-order chi connectivity index (χ1) is 8.84. The Labute approximate surface area is 104 Å². The van der Waals surface area contributed by atoms with Crippen molar-refractivity contribution in [2.24, 2.45) is 0 Å². The van der Waals surface area contributed by atoms with Crippen molar-refractivity contribution in [1.82, 2.24) is 20.0 Å². The highest BCUT2D eigenvalue weighted by molar-refractivity contribution is 5.58. The molecule has 5 heteroatoms. The largest absolute Gasteiger partial charge is 0.384 e. The molecule has 0 amide bonds. The fourth-order valence-electron chi connectivity index (χ4n) is 1.76. The number of anilines is 1. The molecule has 0 unspecified atom stereocenters. The molecule has 88 valence electrons. The monoisotopic (exact) mass is 237 g/mol. The molecule has 0 bridgehead atoms. The van der Waals surface area contributed by atoms with Gasteiger partial charge in [0.25, 0.3) is 0 Å². The first-order valence-electron chi connectivity index (χ1n) is 5.53. The second-order valence-corrected chi connectivity index (χ2v) is 3.81. The highest BCUT2D eigenvalue weighted by Crippen LogP contribution is 2.19. The highest BCUT2D eigenvalue weighted by atomic mass is 15.4. The first-order valence-corrected chi connectivity index (χ1v) is 5.53. The van der Waals surface area contributed by atoms with Gasteiger partial charge in [0.15, 0.2) is 0 Å². The van der Waals surface area contributed by atoms with E-state index in [1.807, 2.05) is 42.5 Å². The van der Waals surface area contributed by atoms with Gasteiger partial charge < -0.3 is 5.73 Å². The Morgan fingerprint density at radius 1 is 0.944 bits per heavy atom. The average molecular weight is 237 g/mol. The topological polar surface area (TPSA) is 69.6 Å². The maximum absolute atomic E-state index is 5.69. The van der Waals surface area contributed by atoms with Gasteiger partial charge in [0.05, 0.1) is 17.6 Å². The number of para-hydroxylation sites is 1. The van der Waals surface area contributed by atoms with Crippen LogP contribution in [0.3, 0.4) is 0 Å². The SMILES string of the molecule is Nc1cccc(-c2cnnn2-c2ccccc2)n1. The Morgan fingerprint density at radius 3 is 2.56 bits per heavy atom. The van der Waals surface area contributed by atoms with Crippen molar-refractivity contribution in [2.75, 3.05) is 5.73 Å². The predicted molar refractivity (Wildman–Crippen MR) is 69.0 cm³/mol. The second-order valence-electron chi connectivity index (χ2n) is 3.81. The number of hydrogen-bond donors (Lipinski definition) is 1. The molecular weight excluding hydrogens is 226 g/mol. The zero-order valence-corrected chi connectivity index (χ0v) is 9.56. The van der Waals surface area contributed by atoms with Gasteiger partial charge in [-0.3, -0.25) is 0 Å². The van der Waals surface area contributed by atoms with E-state index in [1.165, 1.54) is 0 Å². The molecule has 3 rings (SSSR count). The lowest BCUT2D eigenvalue weighted by molar-refractivity contribution is 0.806. The van der Waals surface area contributed by atoms with E-state index in [-0.39, 0.29) is 0 Å². The molecule has 18 heavy (non-hydrogen) atoms. The van der Waals surface area contributed by atoms with Gasteiger partial charge in [-0.25, -0.2) is 9.67 Å². The minimum atomic E-state index is 0.480. The van der Waals surface area contributed by atoms with Gasteiger partial charge in [-0.2, -0.15) is 0 Å². The van der Waals surface area contributed by atoms with Crippen LogP contribution in [0.15, 0.2) is 54.7 Å². The predicted octanol–water partition coefficient (Wildman–Crippen LogP) is 1.91. The summed E-state index contributed by atoms with van der Waals surface area (Å²) in [5.74, 6) is 0.480. The number of aromatic nitrogens is 4. The Kier molecular flexibility index (Phi) is 2.49. The van der Waals surface area contributed by atoms with Gasteiger partial charge in [-0.15, -0.1) is 5.10 Å². The number of hydrogen-bond acceptors (Lipinski definition) is 4. The van der Waals surface area contributed by atoms with E-state index in [0.29, 0.717) is 5.82 Å². The molecule has 0 aliphatic carbocycles. The molecular formula is C13H11N5. The van der Waals surface area contributed by atoms with E-state index < -0.39 is 0 Å². The van der Waals surface area contributed by atoms with E-state index in [2.05, 4.69) is 15.3 Å². The Hall–Kier alpha value is -2.69. The van der Waals surface area contributed by atoms with Crippen LogP contribution >= 0.6 is 0 Å². The summed E-state index contributed by atoms with van der Waals surface area (Å²) < 4.78 is 1.74. The third kappa shape index (κ3) is 1.82. The maximum Gasteiger partial charge on any atom is 0.124 e. The van der Waals surface area contributed by atoms with Crippen LogP contribution in [-0.4, -0.2) is 20.0 Å². The molecule has 3 aromatic rings. The molecule has 2 aromatic heterocycles. The summed E-state index contributed by atoms with van der Waals surface area (Å²) in [5, 5.41) is 8.02. The standard InChI is InChI=1S/C13H11N5/c14-13-8-4-7-11(16-13)12-9-15-17-18(12)10-5-2-1-3-6-10/h1-9H,(H2,14,16). The van der Waals surface area contributed by atoms with Crippen molar-refractivity contribution in [1.29, 1.82) is 0 Å². The quantitative estimate of drug-likeness (QED) is 0.739. The lowest BCUT2D eigenvalue weighted by atomic mass is 10.2. The molecule has 0 saturated heterocycles. The average Bonchev–Trinajstić information content (AvgIpc) is 2.89. The Morgan fingerprint density at radius 2 is 1.78 bits per heavy atom. The summed E-state index contributed by atoms with van der Waals surface area (Å²) in [6.45, 7) is 0. The van der Waals surface area contributed by atoms with Crippen molar-refractivity contribution in [3.8, 4) is 17.1 Å². The minimum absolute atomic E-state index is 0.480. The fourth-order valence-corrected chi connectivity index (χ4v) is 1.76. The first kappa shape index (κ1) is 10.5. The molecule has 0 saturated carbocycles. The molecule has 0 aliphatic heterocycles. The summed E-state index contributed by atoms with van der Waals surface area (Å²) in [6, 6.07) is 15.3. The van der Waals surface area contributed by atoms with Gasteiger partial charge in [0, 0.05) is 0 Å². The molecule has 0 radical (unpaired) electrons. The van der Waals surface area contributed by atoms with Crippen LogP contribution in [0.5, 0.6) is 0 Å². The van der Waals surface area contributed by atoms with E-state index in [9.17, 15) is 0 Å². The highest BCUT2D eigenvalue weighted by Gasteiger charge is 2.09. The lowest BCUT2D eigenvalue weighted by Crippen LogP contribution is -2.00. The fraction of sp³-hybridized carbons (Fsp3) is 0. The van der Waals surface area contributed by atoms with Crippen LogP contribution in [0.4, 0.5) is 5.82 Å². The number of benzene rings is 1. The number of pyridine rings is 1. The van der Waals surface area contributed by atoms with Gasteiger partial charge in [0.2, 0.25) is 0 Å². The number of rotatable bonds is 2. The van der Waals surface area contributed by atoms with E-state index in [1.54, 1.807) is 16.9 Å². The van der Waals surface area contributed by atoms with Crippen LogP contribution in [0.25, 0.3) is 17.1 Å². The normalized spacial score (nSPS) is 10.4. The summed E-state index contributed by atoms with van der Waals surface area (Å²) >= 11 is 0. The summed E-state index contributed by atoms with van der Waals surface area (Å²) in [5.41, 5.74) is 8.20. The summed E-state index contributed by atoms with van der Waals surface area (Å²) in [6.07, 6.45) is 1.68. The number of nitrogens with zero attached hydrogens (tertiary/aromatic N) is 4. The van der Waals surface area contributed by atoms with Crippen LogP contribution in [0, 0.1) is 0 Å². The molecule has 0 aliphatic rings. The van der Waals surface area contributed by atoms with Crippen LogP contribution in [0.2, 0.25) is 0 Å². The van der Waals surface area contributed by atoms with E-state index in [0.717, 1.165) is 17.1 Å². The third-order valence-corrected chi connectivity index (χ3v) is 2.58. The maximum atomic E-state index is 5.69. The number of nitrogen functional groups attached to an aromatic ring is 1. The molecule has 2 N–H and O–H groups in total. The van der Waals surface area contributed by atoms with Gasteiger partial charge in [0.1, 0.15) is 11.5 Å². The molecule has 0 fully saturated rings. The van der Waals surface area contributed by atoms with Crippen LogP contribution < -0.4 is 5.73 Å². The summed E-state index contributed by atoms with van der Waals surface area (Å²) in [4.78, 5) is 4.28. The van der Waals surface area contributed by atoms with Crippen molar-refractivity contribution < 1.29 is 0 Å². The van der Waals surface area contributed by atoms with Crippen LogP contribution in [-0.2, 0) is 0 Å². The number of nitrogens with two attached hydrogens (primary N) is 1. The smallest absolute Gasteiger partial charge is 0.124 e. The molecule has 0 atom stereocenters. The Bertz CT molecular complexity index is 660. The third-order valence-electron chi connectivity index (χ3n) is 2.58. The molecule has 0 spiro atoms. The molecule has 1 aromatic carbocycles. The lowest BCUT2D eigenvalue weighted by Gasteiger charge is -2.05. The van der Waals surface area contributed by atoms with Crippen LogP contribution in [0.1, 0.15) is 0 Å². The zero-order valence-electron chi connectivity index (χ0n) is 9.56. The Balaban J connectivity index is 2.13. The van der Waals surface area contributed by atoms with Crippen molar-refractivity contribution in [2.45, 2.75) is 0 Å². The zero-order chi connectivity index (χ0) is 12.4. The minimum Gasteiger partial charge on any atom is -0.384 e. The second kappa shape index (κ2) is 4.29. The van der Waals surface area contributed by atoms with Crippen molar-refractivity contribution in [3.05, 3.63) is 54.7 Å². The summed E-state index contributed by atoms with van der Waals surface area (Å²) in [7, 11) is 0.